The van der Waals surface area contributed by atoms with Crippen LogP contribution in [0.25, 0.3) is 0 Å². The number of alkyl halides is 6. The van der Waals surface area contributed by atoms with Gasteiger partial charge in [0, 0.05) is 5.56 Å². The quantitative estimate of drug-likeness (QED) is 0.453. The molecule has 1 rings (SSSR count). The van der Waals surface area contributed by atoms with Gasteiger partial charge >= 0.3 is 18.0 Å². The molecule has 1 aromatic carbocycles. The monoisotopic (exact) mass is 399 g/mol. The zero-order valence-electron chi connectivity index (χ0n) is 14.3. The lowest BCUT2D eigenvalue weighted by Crippen LogP contribution is -2.68. The van der Waals surface area contributed by atoms with E-state index in [1.54, 1.807) is 6.92 Å². The van der Waals surface area contributed by atoms with Gasteiger partial charge in [-0.1, -0.05) is 17.7 Å². The molecular weight excluding hydrogens is 384 g/mol. The highest BCUT2D eigenvalue weighted by Gasteiger charge is 2.78. The minimum atomic E-state index is -6.24. The van der Waals surface area contributed by atoms with Crippen molar-refractivity contribution >= 4 is 17.5 Å². The van der Waals surface area contributed by atoms with Crippen LogP contribution in [0.3, 0.4) is 0 Å². The average molecular weight is 399 g/mol. The lowest BCUT2D eigenvalue weighted by molar-refractivity contribution is -0.398. The largest absolute Gasteiger partial charge is 0.430 e. The summed E-state index contributed by atoms with van der Waals surface area (Å²) in [6, 6.07) is 5.07. The van der Waals surface area contributed by atoms with Crippen molar-refractivity contribution in [1.29, 1.82) is 0 Å². The number of hydroxylamine groups is 1. The van der Waals surface area contributed by atoms with E-state index in [0.717, 1.165) is 17.6 Å². The molecular formula is C16H15F6NO4. The smallest absolute Gasteiger partial charge is 0.299 e. The molecule has 0 atom stereocenters. The van der Waals surface area contributed by atoms with E-state index in [1.807, 2.05) is 0 Å². The van der Waals surface area contributed by atoms with Gasteiger partial charge < -0.3 is 0 Å². The summed E-state index contributed by atoms with van der Waals surface area (Å²) in [6.07, 6.45) is -12.5. The number of nitrogens with one attached hydrogen (secondary N) is 1. The molecule has 11 heteroatoms. The fraction of sp³-hybridized carbons (Fsp3) is 0.438. The molecule has 0 unspecified atom stereocenters. The number of carbonyl (C=O) groups excluding carboxylic acids is 3. The summed E-state index contributed by atoms with van der Waals surface area (Å²) in [7, 11) is 0. The maximum absolute atomic E-state index is 13.4. The van der Waals surface area contributed by atoms with E-state index < -0.39 is 41.3 Å². The predicted molar refractivity (Wildman–Crippen MR) is 79.4 cm³/mol. The van der Waals surface area contributed by atoms with Gasteiger partial charge in [0.15, 0.2) is 0 Å². The van der Waals surface area contributed by atoms with Crippen LogP contribution in [-0.2, 0) is 14.4 Å². The topological polar surface area (TPSA) is 72.5 Å². The highest BCUT2D eigenvalue weighted by Crippen LogP contribution is 2.50. The second-order valence-electron chi connectivity index (χ2n) is 5.78. The second kappa shape index (κ2) is 7.67. The Labute approximate surface area is 149 Å². The van der Waals surface area contributed by atoms with E-state index in [9.17, 15) is 40.7 Å². The Morgan fingerprint density at radius 3 is 1.63 bits per heavy atom. The Kier molecular flexibility index (Phi) is 6.42. The van der Waals surface area contributed by atoms with E-state index in [2.05, 4.69) is 4.84 Å². The predicted octanol–water partition coefficient (Wildman–Crippen LogP) is 3.31. The van der Waals surface area contributed by atoms with Crippen LogP contribution in [0.4, 0.5) is 26.3 Å². The molecule has 150 valence electrons. The van der Waals surface area contributed by atoms with Crippen LogP contribution in [0.2, 0.25) is 0 Å². The molecule has 0 saturated heterocycles. The van der Waals surface area contributed by atoms with Crippen LogP contribution < -0.4 is 5.48 Å². The summed E-state index contributed by atoms with van der Waals surface area (Å²) in [4.78, 5) is 38.6. The second-order valence-corrected chi connectivity index (χ2v) is 5.78. The lowest BCUT2D eigenvalue weighted by Gasteiger charge is -2.39. The van der Waals surface area contributed by atoms with Crippen molar-refractivity contribution in [2.45, 2.75) is 38.7 Å². The van der Waals surface area contributed by atoms with Crippen molar-refractivity contribution in [1.82, 2.24) is 5.48 Å². The molecule has 0 fully saturated rings. The summed E-state index contributed by atoms with van der Waals surface area (Å²) in [5.41, 5.74) is -3.77. The molecule has 0 aliphatic heterocycles. The molecule has 1 amide bonds. The van der Waals surface area contributed by atoms with Crippen molar-refractivity contribution in [3.8, 4) is 0 Å². The van der Waals surface area contributed by atoms with Crippen molar-refractivity contribution in [3.05, 3.63) is 35.4 Å². The first kappa shape index (κ1) is 22.6. The van der Waals surface area contributed by atoms with Gasteiger partial charge in [-0.2, -0.15) is 26.3 Å². The van der Waals surface area contributed by atoms with Crippen LogP contribution in [0.15, 0.2) is 24.3 Å². The van der Waals surface area contributed by atoms with E-state index in [4.69, 9.17) is 0 Å². The van der Waals surface area contributed by atoms with Crippen molar-refractivity contribution < 1.29 is 45.6 Å². The lowest BCUT2D eigenvalue weighted by atomic mass is 9.80. The summed E-state index contributed by atoms with van der Waals surface area (Å²) in [5.74, 6) is -8.11. The molecule has 0 radical (unpaired) electrons. The third-order valence-corrected chi connectivity index (χ3v) is 3.68. The normalized spacial score (nSPS) is 12.8. The van der Waals surface area contributed by atoms with Gasteiger partial charge in [0.2, 0.25) is 0 Å². The number of halogens is 6. The molecule has 0 aromatic heterocycles. The van der Waals surface area contributed by atoms with Gasteiger partial charge in [-0.25, -0.2) is 10.3 Å². The van der Waals surface area contributed by atoms with Gasteiger partial charge in [0.1, 0.15) is 17.5 Å². The molecule has 0 spiro atoms. The number of hydrogen-bond acceptors (Lipinski definition) is 4. The van der Waals surface area contributed by atoms with Gasteiger partial charge in [-0.3, -0.25) is 14.4 Å². The Morgan fingerprint density at radius 1 is 0.889 bits per heavy atom. The number of ketones is 2. The molecule has 0 aliphatic carbocycles. The number of Topliss-reactive ketones (excluding diaryl/α,β-unsaturated/α-hetero) is 2. The summed E-state index contributed by atoms with van der Waals surface area (Å²) in [6.45, 7) is 2.42. The van der Waals surface area contributed by atoms with Gasteiger partial charge in [-0.05, 0) is 32.9 Å². The van der Waals surface area contributed by atoms with Crippen LogP contribution in [0, 0.1) is 12.8 Å². The Bertz CT molecular complexity index is 696. The Morgan fingerprint density at radius 2 is 1.30 bits per heavy atom. The zero-order chi connectivity index (χ0) is 21.2. The number of benzene rings is 1. The van der Waals surface area contributed by atoms with Gasteiger partial charge in [0.05, 0.1) is 0 Å². The molecule has 27 heavy (non-hydrogen) atoms. The molecule has 5 nitrogen and oxygen atoms in total. The van der Waals surface area contributed by atoms with Crippen molar-refractivity contribution in [3.63, 3.8) is 0 Å². The molecule has 1 aromatic rings. The van der Waals surface area contributed by atoms with Crippen LogP contribution in [0.1, 0.15) is 29.8 Å². The first-order valence-corrected chi connectivity index (χ1v) is 7.34. The first-order valence-electron chi connectivity index (χ1n) is 7.34. The highest BCUT2D eigenvalue weighted by molar-refractivity contribution is 6.02. The molecule has 0 heterocycles. The number of rotatable bonds is 6. The van der Waals surface area contributed by atoms with E-state index in [0.29, 0.717) is 19.4 Å². The number of hydrogen-bond donors (Lipinski definition) is 1. The fourth-order valence-electron chi connectivity index (χ4n) is 2.41. The number of aryl methyl sites for hydroxylation is 1. The van der Waals surface area contributed by atoms with Crippen LogP contribution in [-0.4, -0.2) is 35.4 Å². The summed E-state index contributed by atoms with van der Waals surface area (Å²) >= 11 is 0. The summed E-state index contributed by atoms with van der Waals surface area (Å²) < 4.78 is 80.7. The standard InChI is InChI=1S/C16H15F6NO4/c1-8-4-6-11(7-5-8)13(26)23-27-14(15(17,18)19,16(20,21)22)12(9(2)24)10(3)25/h4-7,12H,1-3H3,(H,23,26). The Hall–Kier alpha value is -2.43. The van der Waals surface area contributed by atoms with Gasteiger partial charge in [0.25, 0.3) is 5.91 Å². The minimum Gasteiger partial charge on any atom is -0.299 e. The van der Waals surface area contributed by atoms with Crippen LogP contribution >= 0.6 is 0 Å². The molecule has 0 aliphatic rings. The Balaban J connectivity index is 3.41. The molecule has 0 saturated carbocycles. The molecule has 1 N–H and O–H groups in total. The number of amides is 1. The first-order chi connectivity index (χ1) is 12.1. The SMILES string of the molecule is CC(=O)C(C(C)=O)C(ONC(=O)c1ccc(C)cc1)(C(F)(F)F)C(F)(F)F. The average Bonchev–Trinajstić information content (AvgIpc) is 2.48. The summed E-state index contributed by atoms with van der Waals surface area (Å²) in [5, 5.41) is 0. The highest BCUT2D eigenvalue weighted by atomic mass is 19.4. The van der Waals surface area contributed by atoms with E-state index in [1.165, 1.54) is 12.1 Å². The zero-order valence-corrected chi connectivity index (χ0v) is 14.3. The number of carbonyl (C=O) groups is 3. The van der Waals surface area contributed by atoms with Crippen molar-refractivity contribution in [2.75, 3.05) is 0 Å². The minimum absolute atomic E-state index is 0.291. The van der Waals surface area contributed by atoms with E-state index in [-0.39, 0.29) is 5.56 Å². The third kappa shape index (κ3) is 4.46. The van der Waals surface area contributed by atoms with Crippen molar-refractivity contribution in [2.24, 2.45) is 5.92 Å². The third-order valence-electron chi connectivity index (χ3n) is 3.68. The van der Waals surface area contributed by atoms with Crippen LogP contribution in [0.5, 0.6) is 0 Å². The maximum Gasteiger partial charge on any atom is 0.430 e. The fourth-order valence-corrected chi connectivity index (χ4v) is 2.41. The molecule has 0 bridgehead atoms. The maximum atomic E-state index is 13.4. The van der Waals surface area contributed by atoms with E-state index >= 15 is 0 Å². The van der Waals surface area contributed by atoms with Gasteiger partial charge in [-0.15, -0.1) is 0 Å².